The van der Waals surface area contributed by atoms with Crippen molar-refractivity contribution >= 4 is 11.8 Å². The summed E-state index contributed by atoms with van der Waals surface area (Å²) < 4.78 is 5.53. The molecule has 0 bridgehead atoms. The van der Waals surface area contributed by atoms with Crippen LogP contribution in [0.2, 0.25) is 0 Å². The third kappa shape index (κ3) is 4.12. The number of thioether (sulfide) groups is 1. The van der Waals surface area contributed by atoms with Crippen molar-refractivity contribution in [2.45, 2.75) is 44.4 Å². The van der Waals surface area contributed by atoms with E-state index in [1.54, 1.807) is 12.4 Å². The fourth-order valence-corrected chi connectivity index (χ4v) is 4.13. The monoisotopic (exact) mass is 332 g/mol. The van der Waals surface area contributed by atoms with Crippen LogP contribution in [0.1, 0.15) is 45.0 Å². The van der Waals surface area contributed by atoms with Crippen molar-refractivity contribution < 1.29 is 4.52 Å². The highest BCUT2D eigenvalue weighted by Gasteiger charge is 2.26. The highest BCUT2D eigenvalue weighted by atomic mass is 32.2. The minimum atomic E-state index is 0.158. The summed E-state index contributed by atoms with van der Waals surface area (Å²) in [6, 6.07) is 3.99. The normalized spacial score (nSPS) is 21.0. The van der Waals surface area contributed by atoms with Gasteiger partial charge in [-0.1, -0.05) is 18.5 Å². The summed E-state index contributed by atoms with van der Waals surface area (Å²) in [6.45, 7) is 6.61. The largest absolute Gasteiger partial charge is 0.337 e. The number of nitrogens with zero attached hydrogens (tertiary/aromatic N) is 4. The SMILES string of the molecule is CCSC1CCCCN(C(C)c2nc(-c3cccnc3)no2)C1. The minimum absolute atomic E-state index is 0.158. The second kappa shape index (κ2) is 7.93. The Morgan fingerprint density at radius 2 is 2.35 bits per heavy atom. The van der Waals surface area contributed by atoms with Gasteiger partial charge in [-0.2, -0.15) is 16.7 Å². The number of hydrogen-bond acceptors (Lipinski definition) is 6. The van der Waals surface area contributed by atoms with E-state index >= 15 is 0 Å². The van der Waals surface area contributed by atoms with Crippen LogP contribution in [0.25, 0.3) is 11.4 Å². The van der Waals surface area contributed by atoms with E-state index in [0.717, 1.165) is 18.7 Å². The lowest BCUT2D eigenvalue weighted by Gasteiger charge is -2.27. The molecule has 23 heavy (non-hydrogen) atoms. The molecule has 3 heterocycles. The molecule has 1 saturated heterocycles. The molecule has 0 aliphatic carbocycles. The summed E-state index contributed by atoms with van der Waals surface area (Å²) in [5.74, 6) is 2.50. The summed E-state index contributed by atoms with van der Waals surface area (Å²) in [7, 11) is 0. The lowest BCUT2D eigenvalue weighted by Crippen LogP contribution is -2.32. The van der Waals surface area contributed by atoms with Crippen LogP contribution in [0, 0.1) is 0 Å². The van der Waals surface area contributed by atoms with Crippen LogP contribution in [0.3, 0.4) is 0 Å². The third-order valence-electron chi connectivity index (χ3n) is 4.33. The van der Waals surface area contributed by atoms with Crippen molar-refractivity contribution in [3.63, 3.8) is 0 Å². The average Bonchev–Trinajstić information content (AvgIpc) is 2.96. The fourth-order valence-electron chi connectivity index (χ4n) is 3.03. The van der Waals surface area contributed by atoms with Crippen LogP contribution in [0.15, 0.2) is 29.0 Å². The Labute approximate surface area is 141 Å². The molecule has 2 aromatic heterocycles. The lowest BCUT2D eigenvalue weighted by atomic mass is 10.2. The Morgan fingerprint density at radius 1 is 1.43 bits per heavy atom. The molecule has 1 aliphatic heterocycles. The Bertz CT molecular complexity index is 604. The maximum atomic E-state index is 5.53. The summed E-state index contributed by atoms with van der Waals surface area (Å²) in [5, 5.41) is 4.84. The standard InChI is InChI=1S/C17H24N4OS/c1-3-23-15-8-4-5-10-21(12-15)13(2)17-19-16(20-22-17)14-7-6-9-18-11-14/h6-7,9,11,13,15H,3-5,8,10,12H2,1-2H3. The molecule has 3 rings (SSSR count). The molecule has 2 aromatic rings. The second-order valence-corrected chi connectivity index (χ2v) is 7.52. The van der Waals surface area contributed by atoms with Gasteiger partial charge in [-0.3, -0.25) is 9.88 Å². The molecular weight excluding hydrogens is 308 g/mol. The first-order valence-corrected chi connectivity index (χ1v) is 9.42. The van der Waals surface area contributed by atoms with Crippen molar-refractivity contribution in [3.05, 3.63) is 30.4 Å². The van der Waals surface area contributed by atoms with Crippen molar-refractivity contribution in [2.75, 3.05) is 18.8 Å². The van der Waals surface area contributed by atoms with Gasteiger partial charge in [0.1, 0.15) is 0 Å². The maximum absolute atomic E-state index is 5.53. The number of pyridine rings is 1. The highest BCUT2D eigenvalue weighted by molar-refractivity contribution is 7.99. The zero-order valence-electron chi connectivity index (χ0n) is 13.8. The van der Waals surface area contributed by atoms with Crippen LogP contribution in [0.5, 0.6) is 0 Å². The van der Waals surface area contributed by atoms with Crippen LogP contribution >= 0.6 is 11.8 Å². The Hall–Kier alpha value is -1.40. The molecule has 2 atom stereocenters. The van der Waals surface area contributed by atoms with Crippen LogP contribution < -0.4 is 0 Å². The summed E-state index contributed by atoms with van der Waals surface area (Å²) >= 11 is 2.07. The summed E-state index contributed by atoms with van der Waals surface area (Å²) in [6.07, 6.45) is 7.38. The molecule has 2 unspecified atom stereocenters. The van der Waals surface area contributed by atoms with Crippen molar-refractivity contribution in [1.82, 2.24) is 20.0 Å². The molecule has 0 spiro atoms. The Balaban J connectivity index is 1.72. The van der Waals surface area contributed by atoms with E-state index in [9.17, 15) is 0 Å². The first-order chi connectivity index (χ1) is 11.3. The Morgan fingerprint density at radius 3 is 3.13 bits per heavy atom. The average molecular weight is 332 g/mol. The van der Waals surface area contributed by atoms with Gasteiger partial charge in [0.2, 0.25) is 11.7 Å². The van der Waals surface area contributed by atoms with Crippen molar-refractivity contribution in [3.8, 4) is 11.4 Å². The predicted molar refractivity (Wildman–Crippen MR) is 93.3 cm³/mol. The first kappa shape index (κ1) is 16.5. The van der Waals surface area contributed by atoms with Crippen LogP contribution in [-0.4, -0.2) is 44.1 Å². The van der Waals surface area contributed by atoms with Gasteiger partial charge in [0, 0.05) is 29.8 Å². The van der Waals surface area contributed by atoms with E-state index in [0.29, 0.717) is 17.0 Å². The summed E-state index contributed by atoms with van der Waals surface area (Å²) in [4.78, 5) is 11.2. The number of rotatable bonds is 5. The zero-order valence-corrected chi connectivity index (χ0v) is 14.6. The summed E-state index contributed by atoms with van der Waals surface area (Å²) in [5.41, 5.74) is 0.894. The topological polar surface area (TPSA) is 55.1 Å². The minimum Gasteiger partial charge on any atom is -0.337 e. The highest BCUT2D eigenvalue weighted by Crippen LogP contribution is 2.28. The number of hydrogen-bond donors (Lipinski definition) is 0. The van der Waals surface area contributed by atoms with Crippen LogP contribution in [-0.2, 0) is 0 Å². The molecule has 6 heteroatoms. The van der Waals surface area contributed by atoms with Gasteiger partial charge in [0.05, 0.1) is 6.04 Å². The predicted octanol–water partition coefficient (Wildman–Crippen LogP) is 3.80. The molecule has 124 valence electrons. The quantitative estimate of drug-likeness (QED) is 0.830. The van der Waals surface area contributed by atoms with E-state index in [1.165, 1.54) is 25.0 Å². The van der Waals surface area contributed by atoms with E-state index in [-0.39, 0.29) is 6.04 Å². The van der Waals surface area contributed by atoms with Gasteiger partial charge in [0.15, 0.2) is 0 Å². The van der Waals surface area contributed by atoms with E-state index < -0.39 is 0 Å². The van der Waals surface area contributed by atoms with E-state index in [4.69, 9.17) is 4.52 Å². The molecule has 5 nitrogen and oxygen atoms in total. The molecule has 1 fully saturated rings. The number of aromatic nitrogens is 3. The molecule has 0 radical (unpaired) electrons. The molecular formula is C17H24N4OS. The van der Waals surface area contributed by atoms with Crippen molar-refractivity contribution in [2.24, 2.45) is 0 Å². The van der Waals surface area contributed by atoms with E-state index in [2.05, 4.69) is 45.6 Å². The molecule has 0 N–H and O–H groups in total. The molecule has 0 aromatic carbocycles. The van der Waals surface area contributed by atoms with Crippen LogP contribution in [0.4, 0.5) is 0 Å². The van der Waals surface area contributed by atoms with Gasteiger partial charge in [-0.15, -0.1) is 0 Å². The third-order valence-corrected chi connectivity index (χ3v) is 5.52. The fraction of sp³-hybridized carbons (Fsp3) is 0.588. The smallest absolute Gasteiger partial charge is 0.244 e. The molecule has 0 amide bonds. The lowest BCUT2D eigenvalue weighted by molar-refractivity contribution is 0.180. The van der Waals surface area contributed by atoms with E-state index in [1.807, 2.05) is 12.1 Å². The van der Waals surface area contributed by atoms with Gasteiger partial charge in [-0.05, 0) is 44.2 Å². The first-order valence-electron chi connectivity index (χ1n) is 8.37. The molecule has 0 saturated carbocycles. The maximum Gasteiger partial charge on any atom is 0.244 e. The van der Waals surface area contributed by atoms with Gasteiger partial charge >= 0.3 is 0 Å². The number of likely N-dealkylation sites (tertiary alicyclic amines) is 1. The zero-order chi connectivity index (χ0) is 16.1. The Kier molecular flexibility index (Phi) is 5.67. The van der Waals surface area contributed by atoms with Crippen molar-refractivity contribution in [1.29, 1.82) is 0 Å². The van der Waals surface area contributed by atoms with Gasteiger partial charge < -0.3 is 4.52 Å². The second-order valence-electron chi connectivity index (χ2n) is 5.94. The van der Waals surface area contributed by atoms with Gasteiger partial charge in [-0.25, -0.2) is 0 Å². The molecule has 1 aliphatic rings. The van der Waals surface area contributed by atoms with Gasteiger partial charge in [0.25, 0.3) is 0 Å².